The van der Waals surface area contributed by atoms with Crippen molar-refractivity contribution < 1.29 is 29.3 Å². The van der Waals surface area contributed by atoms with Crippen molar-refractivity contribution in [2.24, 2.45) is 28.6 Å². The lowest BCUT2D eigenvalue weighted by molar-refractivity contribution is -0.185. The van der Waals surface area contributed by atoms with E-state index in [0.29, 0.717) is 12.8 Å². The number of aliphatic hydroxyl groups is 2. The zero-order chi connectivity index (χ0) is 24.1. The third kappa shape index (κ3) is 3.42. The van der Waals surface area contributed by atoms with E-state index in [2.05, 4.69) is 12.2 Å². The van der Waals surface area contributed by atoms with Crippen LogP contribution in [0.1, 0.15) is 58.8 Å². The summed E-state index contributed by atoms with van der Waals surface area (Å²) in [6, 6.07) is 0. The van der Waals surface area contributed by atoms with Crippen molar-refractivity contribution in [2.75, 3.05) is 26.5 Å². The summed E-state index contributed by atoms with van der Waals surface area (Å²) < 4.78 is 11.8. The van der Waals surface area contributed by atoms with Crippen LogP contribution in [0.2, 0.25) is 0 Å². The number of rotatable bonds is 2. The van der Waals surface area contributed by atoms with Gasteiger partial charge in [-0.2, -0.15) is 0 Å². The minimum absolute atomic E-state index is 0.00460. The molecule has 34 heavy (non-hydrogen) atoms. The second-order valence-electron chi connectivity index (χ2n) is 11.5. The summed E-state index contributed by atoms with van der Waals surface area (Å²) in [6.07, 6.45) is 11.4. The lowest BCUT2D eigenvalue weighted by Gasteiger charge is -2.59. The third-order valence-corrected chi connectivity index (χ3v) is 9.98. The van der Waals surface area contributed by atoms with Crippen LogP contribution in [0.4, 0.5) is 0 Å². The first-order chi connectivity index (χ1) is 16.3. The fraction of sp³-hybridized carbons (Fsp3) is 0.778. The summed E-state index contributed by atoms with van der Waals surface area (Å²) in [6.45, 7) is 6.13. The number of nitrogens with one attached hydrogen (secondary N) is 1. The minimum atomic E-state index is -1.17. The average Bonchev–Trinajstić information content (AvgIpc) is 3.37. The van der Waals surface area contributed by atoms with Gasteiger partial charge in [-0.3, -0.25) is 9.59 Å². The molecule has 0 bridgehead atoms. The molecular weight excluding hydrogens is 434 g/mol. The Kier molecular flexibility index (Phi) is 6.39. The lowest BCUT2D eigenvalue weighted by Crippen LogP contribution is -2.63. The third-order valence-electron chi connectivity index (χ3n) is 9.98. The first kappa shape index (κ1) is 24.3. The fourth-order valence-electron chi connectivity index (χ4n) is 8.45. The van der Waals surface area contributed by atoms with E-state index in [4.69, 9.17) is 9.47 Å². The number of ketones is 2. The van der Waals surface area contributed by atoms with Crippen molar-refractivity contribution in [3.05, 3.63) is 23.8 Å². The number of hydrogen-bond acceptors (Lipinski definition) is 7. The molecule has 8 unspecified atom stereocenters. The Morgan fingerprint density at radius 2 is 2.00 bits per heavy atom. The zero-order valence-corrected chi connectivity index (χ0v) is 20.4. The molecule has 2 aliphatic heterocycles. The molecule has 2 saturated heterocycles. The van der Waals surface area contributed by atoms with Crippen molar-refractivity contribution in [1.29, 1.82) is 0 Å². The van der Waals surface area contributed by atoms with Gasteiger partial charge >= 0.3 is 0 Å². The van der Waals surface area contributed by atoms with Crippen LogP contribution in [-0.2, 0) is 19.1 Å². The molecule has 7 heteroatoms. The molecule has 6 aliphatic rings. The zero-order valence-electron chi connectivity index (χ0n) is 20.4. The highest BCUT2D eigenvalue weighted by Crippen LogP contribution is 2.69. The molecule has 0 aromatic rings. The Bertz CT molecular complexity index is 884. The molecule has 3 N–H and O–H groups in total. The maximum atomic E-state index is 12.9. The second kappa shape index (κ2) is 8.93. The van der Waals surface area contributed by atoms with Crippen LogP contribution in [0.15, 0.2) is 23.8 Å². The van der Waals surface area contributed by atoms with E-state index >= 15 is 0 Å². The number of ether oxygens (including phenoxy) is 2. The highest BCUT2D eigenvalue weighted by Gasteiger charge is 2.74. The van der Waals surface area contributed by atoms with Crippen molar-refractivity contribution in [3.63, 3.8) is 0 Å². The topological polar surface area (TPSA) is 105 Å². The van der Waals surface area contributed by atoms with Gasteiger partial charge in [0.2, 0.25) is 0 Å². The quantitative estimate of drug-likeness (QED) is 0.565. The summed E-state index contributed by atoms with van der Waals surface area (Å²) in [5, 5.41) is 24.3. The number of carbonyl (C=O) groups excluding carboxylic acids is 2. The molecule has 0 aromatic heterocycles. The molecule has 6 rings (SSSR count). The fourth-order valence-corrected chi connectivity index (χ4v) is 8.45. The van der Waals surface area contributed by atoms with Gasteiger partial charge in [0, 0.05) is 16.7 Å². The van der Waals surface area contributed by atoms with Crippen LogP contribution >= 0.6 is 0 Å². The summed E-state index contributed by atoms with van der Waals surface area (Å²) in [7, 11) is 0. The number of carbonyl (C=O) groups is 2. The Morgan fingerprint density at radius 1 is 1.24 bits per heavy atom. The summed E-state index contributed by atoms with van der Waals surface area (Å²) in [4.78, 5) is 24.8. The van der Waals surface area contributed by atoms with Gasteiger partial charge in [0.1, 0.15) is 13.4 Å². The van der Waals surface area contributed by atoms with Crippen LogP contribution < -0.4 is 5.32 Å². The van der Waals surface area contributed by atoms with Crippen LogP contribution in [0.5, 0.6) is 0 Å². The van der Waals surface area contributed by atoms with E-state index < -0.39 is 23.7 Å². The molecule has 0 aromatic carbocycles. The molecule has 5 fully saturated rings. The predicted octanol–water partition coefficient (Wildman–Crippen LogP) is 2.31. The van der Waals surface area contributed by atoms with Gasteiger partial charge in [0.05, 0.1) is 12.2 Å². The largest absolute Gasteiger partial charge is 0.393 e. The molecule has 0 radical (unpaired) electrons. The Hall–Kier alpha value is -1.38. The highest BCUT2D eigenvalue weighted by molar-refractivity contribution is 6.01. The molecular formula is C27H39NO6. The van der Waals surface area contributed by atoms with Crippen molar-refractivity contribution in [3.8, 4) is 0 Å². The Labute approximate surface area is 202 Å². The van der Waals surface area contributed by atoms with Gasteiger partial charge in [0.25, 0.3) is 0 Å². The molecule has 0 amide bonds. The van der Waals surface area contributed by atoms with E-state index in [1.807, 2.05) is 13.0 Å². The van der Waals surface area contributed by atoms with Gasteiger partial charge in [0.15, 0.2) is 17.2 Å². The molecule has 188 valence electrons. The molecule has 2 heterocycles. The maximum absolute atomic E-state index is 12.9. The molecule has 3 saturated carbocycles. The maximum Gasteiger partial charge on any atom is 0.193 e. The van der Waals surface area contributed by atoms with Gasteiger partial charge in [-0.05, 0) is 75.6 Å². The Balaban J connectivity index is 0.000000351. The van der Waals surface area contributed by atoms with E-state index in [1.165, 1.54) is 32.4 Å². The summed E-state index contributed by atoms with van der Waals surface area (Å²) in [5.41, 5.74) is -0.991. The molecule has 4 aliphatic carbocycles. The number of Topliss-reactive ketones (excluding diaryl/α,β-unsaturated/α-hetero) is 1. The normalized spacial score (nSPS) is 46.9. The van der Waals surface area contributed by atoms with E-state index in [9.17, 15) is 19.8 Å². The van der Waals surface area contributed by atoms with Crippen molar-refractivity contribution in [2.45, 2.75) is 76.6 Å². The van der Waals surface area contributed by atoms with Crippen LogP contribution in [0.3, 0.4) is 0 Å². The van der Waals surface area contributed by atoms with Crippen molar-refractivity contribution in [1.82, 2.24) is 5.32 Å². The second-order valence-corrected chi connectivity index (χ2v) is 11.5. The number of allylic oxidation sites excluding steroid dienone is 4. The predicted molar refractivity (Wildman–Crippen MR) is 126 cm³/mol. The van der Waals surface area contributed by atoms with Gasteiger partial charge < -0.3 is 25.0 Å². The highest BCUT2D eigenvalue weighted by atomic mass is 16.7. The smallest absolute Gasteiger partial charge is 0.193 e. The van der Waals surface area contributed by atoms with Crippen LogP contribution in [0, 0.1) is 28.6 Å². The standard InChI is InChI=1S/C22H28O6.C5H11N/c1-20-6-5-13(24)7-12(20)3-4-14-15-8-18-22(17(26)10-23,28-11-27-18)21(15,2)9-16(25)19(14)20;1-2-4-6-5-3-1/h5-7,14-16,18-19,23,25H,3-4,8-11H2,1-2H3;6H,1-5H2. The van der Waals surface area contributed by atoms with Gasteiger partial charge in [-0.1, -0.05) is 31.9 Å². The first-order valence-corrected chi connectivity index (χ1v) is 13.0. The lowest BCUT2D eigenvalue weighted by atomic mass is 9.46. The van der Waals surface area contributed by atoms with E-state index in [0.717, 1.165) is 18.4 Å². The molecule has 0 spiro atoms. The number of aliphatic hydroxyl groups excluding tert-OH is 2. The van der Waals surface area contributed by atoms with Crippen molar-refractivity contribution >= 4 is 11.6 Å². The number of fused-ring (bicyclic) bond motifs is 7. The van der Waals surface area contributed by atoms with Crippen LogP contribution in [-0.4, -0.2) is 66.1 Å². The summed E-state index contributed by atoms with van der Waals surface area (Å²) >= 11 is 0. The first-order valence-electron chi connectivity index (χ1n) is 13.0. The van der Waals surface area contributed by atoms with Gasteiger partial charge in [-0.25, -0.2) is 0 Å². The molecule has 7 nitrogen and oxygen atoms in total. The van der Waals surface area contributed by atoms with Gasteiger partial charge in [-0.15, -0.1) is 0 Å². The minimum Gasteiger partial charge on any atom is -0.393 e. The molecule has 8 atom stereocenters. The number of piperidine rings is 1. The monoisotopic (exact) mass is 473 g/mol. The van der Waals surface area contributed by atoms with Crippen LogP contribution in [0.25, 0.3) is 0 Å². The summed E-state index contributed by atoms with van der Waals surface area (Å²) in [5.74, 6) is 0.0400. The van der Waals surface area contributed by atoms with E-state index in [1.54, 1.807) is 12.2 Å². The SMILES string of the molecule is C1CCNCC1.CC12C=CC(=O)C=C1CCC1C2C(O)CC2(C)C1CC1OCOC12C(=O)CO. The van der Waals surface area contributed by atoms with E-state index in [-0.39, 0.29) is 47.6 Å². The average molecular weight is 474 g/mol. The number of hydrogen-bond donors (Lipinski definition) is 3. The Morgan fingerprint density at radius 3 is 2.65 bits per heavy atom.